The van der Waals surface area contributed by atoms with Crippen molar-refractivity contribution in [2.45, 2.75) is 12.8 Å². The summed E-state index contributed by atoms with van der Waals surface area (Å²) >= 11 is 0. The van der Waals surface area contributed by atoms with Crippen molar-refractivity contribution in [2.24, 2.45) is 0 Å². The summed E-state index contributed by atoms with van der Waals surface area (Å²) in [5.41, 5.74) is 0.664. The zero-order chi connectivity index (χ0) is 8.97. The van der Waals surface area contributed by atoms with E-state index in [1.807, 2.05) is 6.08 Å². The lowest BCUT2D eigenvalue weighted by molar-refractivity contribution is 0.213. The van der Waals surface area contributed by atoms with Crippen LogP contribution in [0.3, 0.4) is 0 Å². The van der Waals surface area contributed by atoms with Gasteiger partial charge in [-0.3, -0.25) is 0 Å². The van der Waals surface area contributed by atoms with Crippen molar-refractivity contribution in [3.63, 3.8) is 0 Å². The lowest BCUT2D eigenvalue weighted by Crippen LogP contribution is -2.03. The van der Waals surface area contributed by atoms with Crippen LogP contribution in [0.1, 0.15) is 12.8 Å². The average molecular weight is 165 g/mol. The Morgan fingerprint density at radius 1 is 1.42 bits per heavy atom. The van der Waals surface area contributed by atoms with Crippen LogP contribution in [0, 0.1) is 11.3 Å². The van der Waals surface area contributed by atoms with E-state index in [1.165, 1.54) is 0 Å². The Balaban J connectivity index is 2.99. The molecule has 1 rings (SSSR count). The molecular formula is C9H11NO2. The molecule has 0 saturated heterocycles. The van der Waals surface area contributed by atoms with Crippen molar-refractivity contribution in [1.82, 2.24) is 0 Å². The van der Waals surface area contributed by atoms with Crippen molar-refractivity contribution in [2.75, 3.05) is 14.2 Å². The normalized spacial score (nSPS) is 16.6. The number of hydrogen-bond acceptors (Lipinski definition) is 3. The van der Waals surface area contributed by atoms with Crippen molar-refractivity contribution < 1.29 is 9.47 Å². The molecule has 1 aliphatic carbocycles. The minimum atomic E-state index is 0.575. The molecule has 0 aliphatic heterocycles. The molecule has 64 valence electrons. The maximum atomic E-state index is 8.74. The van der Waals surface area contributed by atoms with E-state index in [0.717, 1.165) is 12.8 Å². The fourth-order valence-electron chi connectivity index (χ4n) is 1.21. The first kappa shape index (κ1) is 8.66. The van der Waals surface area contributed by atoms with Gasteiger partial charge in [0.15, 0.2) is 11.5 Å². The molecule has 12 heavy (non-hydrogen) atoms. The first-order chi connectivity index (χ1) is 5.83. The molecular weight excluding hydrogens is 154 g/mol. The lowest BCUT2D eigenvalue weighted by Gasteiger charge is -2.15. The summed E-state index contributed by atoms with van der Waals surface area (Å²) in [6, 6.07) is 2.10. The summed E-state index contributed by atoms with van der Waals surface area (Å²) in [6.45, 7) is 0. The third kappa shape index (κ3) is 1.42. The second-order valence-corrected chi connectivity index (χ2v) is 2.43. The highest BCUT2D eigenvalue weighted by Gasteiger charge is 2.16. The van der Waals surface area contributed by atoms with E-state index in [-0.39, 0.29) is 0 Å². The van der Waals surface area contributed by atoms with Gasteiger partial charge in [0.05, 0.1) is 25.9 Å². The van der Waals surface area contributed by atoms with E-state index in [1.54, 1.807) is 14.2 Å². The first-order valence-electron chi connectivity index (χ1n) is 3.75. The van der Waals surface area contributed by atoms with Gasteiger partial charge in [0.2, 0.25) is 0 Å². The summed E-state index contributed by atoms with van der Waals surface area (Å²) in [5.74, 6) is 1.24. The minimum Gasteiger partial charge on any atom is -0.493 e. The number of nitrogens with zero attached hydrogens (tertiary/aromatic N) is 1. The van der Waals surface area contributed by atoms with Gasteiger partial charge in [-0.15, -0.1) is 0 Å². The highest BCUT2D eigenvalue weighted by atomic mass is 16.5. The fourth-order valence-corrected chi connectivity index (χ4v) is 1.21. The van der Waals surface area contributed by atoms with E-state index in [4.69, 9.17) is 14.7 Å². The summed E-state index contributed by atoms with van der Waals surface area (Å²) < 4.78 is 10.1. The van der Waals surface area contributed by atoms with Crippen molar-refractivity contribution in [3.05, 3.63) is 23.2 Å². The van der Waals surface area contributed by atoms with Crippen LogP contribution in [0.25, 0.3) is 0 Å². The Morgan fingerprint density at radius 3 is 2.67 bits per heavy atom. The van der Waals surface area contributed by atoms with Crippen LogP contribution < -0.4 is 0 Å². The molecule has 0 fully saturated rings. The van der Waals surface area contributed by atoms with Crippen LogP contribution in [0.5, 0.6) is 0 Å². The maximum absolute atomic E-state index is 8.74. The molecule has 0 aromatic carbocycles. The van der Waals surface area contributed by atoms with Crippen molar-refractivity contribution in [3.8, 4) is 6.07 Å². The summed E-state index contributed by atoms with van der Waals surface area (Å²) in [6.07, 6.45) is 3.52. The predicted molar refractivity (Wildman–Crippen MR) is 44.0 cm³/mol. The van der Waals surface area contributed by atoms with E-state index >= 15 is 0 Å². The van der Waals surface area contributed by atoms with Gasteiger partial charge in [-0.05, 0) is 18.9 Å². The van der Waals surface area contributed by atoms with Crippen LogP contribution in [-0.2, 0) is 9.47 Å². The number of nitriles is 1. The van der Waals surface area contributed by atoms with Gasteiger partial charge in [0, 0.05) is 0 Å². The van der Waals surface area contributed by atoms with Gasteiger partial charge in [-0.25, -0.2) is 0 Å². The number of rotatable bonds is 2. The van der Waals surface area contributed by atoms with Gasteiger partial charge in [0.1, 0.15) is 0 Å². The lowest BCUT2D eigenvalue weighted by atomic mass is 10.0. The van der Waals surface area contributed by atoms with Gasteiger partial charge in [-0.2, -0.15) is 5.26 Å². The van der Waals surface area contributed by atoms with E-state index in [2.05, 4.69) is 6.07 Å². The van der Waals surface area contributed by atoms with E-state index in [9.17, 15) is 0 Å². The molecule has 0 radical (unpaired) electrons. The molecule has 3 nitrogen and oxygen atoms in total. The zero-order valence-corrected chi connectivity index (χ0v) is 7.26. The Morgan fingerprint density at radius 2 is 2.17 bits per heavy atom. The van der Waals surface area contributed by atoms with Crippen molar-refractivity contribution >= 4 is 0 Å². The largest absolute Gasteiger partial charge is 0.493 e. The minimum absolute atomic E-state index is 0.575. The van der Waals surface area contributed by atoms with E-state index in [0.29, 0.717) is 17.1 Å². The molecule has 0 bridgehead atoms. The number of allylic oxidation sites excluding steroid dienone is 2. The molecule has 0 amide bonds. The van der Waals surface area contributed by atoms with Gasteiger partial charge < -0.3 is 9.47 Å². The van der Waals surface area contributed by atoms with E-state index < -0.39 is 0 Å². The predicted octanol–water partition coefficient (Wildman–Crippen LogP) is 1.73. The summed E-state index contributed by atoms with van der Waals surface area (Å²) in [7, 11) is 3.12. The second-order valence-electron chi connectivity index (χ2n) is 2.43. The van der Waals surface area contributed by atoms with Gasteiger partial charge >= 0.3 is 0 Å². The van der Waals surface area contributed by atoms with Crippen LogP contribution in [-0.4, -0.2) is 14.2 Å². The SMILES string of the molecule is COC1=CCCC(C#N)=C1OC. The van der Waals surface area contributed by atoms with Crippen LogP contribution in [0.4, 0.5) is 0 Å². The summed E-state index contributed by atoms with van der Waals surface area (Å²) in [4.78, 5) is 0. The smallest absolute Gasteiger partial charge is 0.174 e. The molecule has 1 aliphatic rings. The topological polar surface area (TPSA) is 42.2 Å². The van der Waals surface area contributed by atoms with Crippen LogP contribution in [0.15, 0.2) is 23.2 Å². The number of methoxy groups -OCH3 is 2. The third-order valence-electron chi connectivity index (χ3n) is 1.78. The third-order valence-corrected chi connectivity index (χ3v) is 1.78. The van der Waals surface area contributed by atoms with Crippen LogP contribution in [0.2, 0.25) is 0 Å². The van der Waals surface area contributed by atoms with Gasteiger partial charge in [-0.1, -0.05) is 0 Å². The molecule has 0 unspecified atom stereocenters. The molecule has 0 atom stereocenters. The maximum Gasteiger partial charge on any atom is 0.174 e. The quantitative estimate of drug-likeness (QED) is 0.625. The highest BCUT2D eigenvalue weighted by molar-refractivity contribution is 5.37. The molecule has 0 aromatic rings. The molecule has 0 saturated carbocycles. The molecule has 3 heteroatoms. The first-order valence-corrected chi connectivity index (χ1v) is 3.75. The number of ether oxygens (including phenoxy) is 2. The monoisotopic (exact) mass is 165 g/mol. The molecule has 0 heterocycles. The highest BCUT2D eigenvalue weighted by Crippen LogP contribution is 2.25. The zero-order valence-electron chi connectivity index (χ0n) is 7.26. The molecule has 0 N–H and O–H groups in total. The molecule has 0 aromatic heterocycles. The Bertz CT molecular complexity index is 271. The van der Waals surface area contributed by atoms with Crippen LogP contribution >= 0.6 is 0 Å². The fraction of sp³-hybridized carbons (Fsp3) is 0.444. The Labute approximate surface area is 71.9 Å². The number of hydrogen-bond donors (Lipinski definition) is 0. The Hall–Kier alpha value is -1.43. The van der Waals surface area contributed by atoms with Crippen molar-refractivity contribution in [1.29, 1.82) is 5.26 Å². The average Bonchev–Trinajstić information content (AvgIpc) is 2.16. The molecule has 0 spiro atoms. The standard InChI is InChI=1S/C9H11NO2/c1-11-8-5-3-4-7(6-10)9(8)12-2/h5H,3-4H2,1-2H3. The summed E-state index contributed by atoms with van der Waals surface area (Å²) in [5, 5.41) is 8.74. The second kappa shape index (κ2) is 3.82. The Kier molecular flexibility index (Phi) is 2.76. The van der Waals surface area contributed by atoms with Gasteiger partial charge in [0.25, 0.3) is 0 Å².